The summed E-state index contributed by atoms with van der Waals surface area (Å²) in [5, 5.41) is 12.0. The fourth-order valence-electron chi connectivity index (χ4n) is 3.28. The largest absolute Gasteiger partial charge is 0.391 e. The van der Waals surface area contributed by atoms with Gasteiger partial charge in [0.1, 0.15) is 0 Å². The monoisotopic (exact) mass is 329 g/mol. The Labute approximate surface area is 138 Å². The molecule has 1 atom stereocenters. The van der Waals surface area contributed by atoms with E-state index in [2.05, 4.69) is 25.7 Å². The molecule has 118 valence electrons. The molecule has 1 aromatic carbocycles. The fourth-order valence-corrected chi connectivity index (χ4v) is 3.58. The summed E-state index contributed by atoms with van der Waals surface area (Å²) in [6.07, 6.45) is 2.82. The van der Waals surface area contributed by atoms with Crippen LogP contribution < -0.4 is 0 Å². The number of nitrogens with zero attached hydrogens (tertiary/aromatic N) is 1. The number of likely N-dealkylation sites (N-methyl/N-ethyl adjacent to an activating group) is 1. The van der Waals surface area contributed by atoms with Gasteiger partial charge in [0, 0.05) is 18.0 Å². The van der Waals surface area contributed by atoms with Gasteiger partial charge in [-0.3, -0.25) is 4.90 Å². The van der Waals surface area contributed by atoms with Crippen LogP contribution in [0.2, 0.25) is 10.0 Å². The molecular weight excluding hydrogens is 305 g/mol. The smallest absolute Gasteiger partial charge is 0.0763 e. The van der Waals surface area contributed by atoms with E-state index in [1.165, 1.54) is 0 Å². The highest BCUT2D eigenvalue weighted by Crippen LogP contribution is 2.47. The van der Waals surface area contributed by atoms with Crippen molar-refractivity contribution in [2.24, 2.45) is 0 Å². The fraction of sp³-hybridized carbons (Fsp3) is 0.647. The standard InChI is InChI=1S/C17H25Cl2NO/c1-4-20(12(2)3)11-16(21)17(8-5-9-17)13-6-7-14(18)15(19)10-13/h6-7,10,12,16,21H,4-5,8-9,11H2,1-3H3. The molecule has 0 spiro atoms. The highest BCUT2D eigenvalue weighted by molar-refractivity contribution is 6.42. The van der Waals surface area contributed by atoms with Crippen LogP contribution in [0.25, 0.3) is 0 Å². The second-order valence-electron chi connectivity index (χ2n) is 6.34. The van der Waals surface area contributed by atoms with Gasteiger partial charge in [-0.25, -0.2) is 0 Å². The van der Waals surface area contributed by atoms with Crippen molar-refractivity contribution in [1.29, 1.82) is 0 Å². The number of aliphatic hydroxyl groups is 1. The Balaban J connectivity index is 2.22. The topological polar surface area (TPSA) is 23.5 Å². The third-order valence-corrected chi connectivity index (χ3v) is 5.66. The number of halogens is 2. The lowest BCUT2D eigenvalue weighted by molar-refractivity contribution is -0.00291. The van der Waals surface area contributed by atoms with Crippen LogP contribution in [0.15, 0.2) is 18.2 Å². The van der Waals surface area contributed by atoms with Crippen molar-refractivity contribution >= 4 is 23.2 Å². The zero-order chi connectivity index (χ0) is 15.6. The SMILES string of the molecule is CCN(CC(O)C1(c2ccc(Cl)c(Cl)c2)CCC1)C(C)C. The Bertz CT molecular complexity index is 486. The van der Waals surface area contributed by atoms with Gasteiger partial charge in [0.15, 0.2) is 0 Å². The zero-order valence-electron chi connectivity index (χ0n) is 13.1. The zero-order valence-corrected chi connectivity index (χ0v) is 14.6. The molecule has 0 heterocycles. The minimum absolute atomic E-state index is 0.156. The number of aliphatic hydroxyl groups excluding tert-OH is 1. The number of rotatable bonds is 6. The van der Waals surface area contributed by atoms with Crippen molar-refractivity contribution in [2.75, 3.05) is 13.1 Å². The lowest BCUT2D eigenvalue weighted by Crippen LogP contribution is -2.51. The van der Waals surface area contributed by atoms with Crippen molar-refractivity contribution in [3.05, 3.63) is 33.8 Å². The Hall–Kier alpha value is -0.280. The normalized spacial score (nSPS) is 18.9. The third kappa shape index (κ3) is 3.39. The van der Waals surface area contributed by atoms with E-state index in [0.29, 0.717) is 22.6 Å². The predicted octanol–water partition coefficient (Wildman–Crippen LogP) is 4.51. The van der Waals surface area contributed by atoms with Crippen LogP contribution in [-0.4, -0.2) is 35.2 Å². The number of hydrogen-bond donors (Lipinski definition) is 1. The first-order chi connectivity index (χ1) is 9.90. The molecule has 1 fully saturated rings. The van der Waals surface area contributed by atoms with E-state index in [0.717, 1.165) is 31.4 Å². The molecule has 0 aromatic heterocycles. The first kappa shape index (κ1) is 17.1. The van der Waals surface area contributed by atoms with Gasteiger partial charge in [-0.2, -0.15) is 0 Å². The Morgan fingerprint density at radius 3 is 2.33 bits per heavy atom. The Morgan fingerprint density at radius 1 is 1.24 bits per heavy atom. The van der Waals surface area contributed by atoms with Gasteiger partial charge in [-0.15, -0.1) is 0 Å². The molecule has 4 heteroatoms. The molecule has 2 nitrogen and oxygen atoms in total. The summed E-state index contributed by atoms with van der Waals surface area (Å²) in [7, 11) is 0. The van der Waals surface area contributed by atoms with E-state index in [4.69, 9.17) is 23.2 Å². The van der Waals surface area contributed by atoms with E-state index < -0.39 is 0 Å². The summed E-state index contributed by atoms with van der Waals surface area (Å²) in [5.41, 5.74) is 0.965. The van der Waals surface area contributed by atoms with E-state index in [-0.39, 0.29) is 11.5 Å². The quantitative estimate of drug-likeness (QED) is 0.830. The highest BCUT2D eigenvalue weighted by atomic mass is 35.5. The molecular formula is C17H25Cl2NO. The minimum atomic E-state index is -0.370. The van der Waals surface area contributed by atoms with Crippen molar-refractivity contribution < 1.29 is 5.11 Å². The average molecular weight is 330 g/mol. The maximum atomic E-state index is 10.9. The predicted molar refractivity (Wildman–Crippen MR) is 90.4 cm³/mol. The molecule has 2 rings (SSSR count). The second kappa shape index (κ2) is 6.87. The van der Waals surface area contributed by atoms with Gasteiger partial charge < -0.3 is 5.11 Å². The van der Waals surface area contributed by atoms with Crippen molar-refractivity contribution in [3.8, 4) is 0 Å². The first-order valence-corrected chi connectivity index (χ1v) is 8.54. The molecule has 1 saturated carbocycles. The summed E-state index contributed by atoms with van der Waals surface area (Å²) in [6, 6.07) is 6.22. The van der Waals surface area contributed by atoms with Gasteiger partial charge >= 0.3 is 0 Å². The molecule has 0 bridgehead atoms. The van der Waals surface area contributed by atoms with Crippen LogP contribution in [0, 0.1) is 0 Å². The molecule has 1 aliphatic rings. The first-order valence-electron chi connectivity index (χ1n) is 7.78. The average Bonchev–Trinajstić information content (AvgIpc) is 2.38. The van der Waals surface area contributed by atoms with Crippen LogP contribution >= 0.6 is 23.2 Å². The van der Waals surface area contributed by atoms with Crippen molar-refractivity contribution in [2.45, 2.75) is 57.6 Å². The second-order valence-corrected chi connectivity index (χ2v) is 7.15. The molecule has 1 N–H and O–H groups in total. The molecule has 1 aliphatic carbocycles. The number of hydrogen-bond acceptors (Lipinski definition) is 2. The van der Waals surface area contributed by atoms with Crippen LogP contribution in [0.1, 0.15) is 45.6 Å². The van der Waals surface area contributed by atoms with E-state index in [1.807, 2.05) is 18.2 Å². The van der Waals surface area contributed by atoms with E-state index in [9.17, 15) is 5.11 Å². The lowest BCUT2D eigenvalue weighted by atomic mass is 9.61. The van der Waals surface area contributed by atoms with Crippen LogP contribution in [0.3, 0.4) is 0 Å². The summed E-state index contributed by atoms with van der Waals surface area (Å²) < 4.78 is 0. The molecule has 0 saturated heterocycles. The van der Waals surface area contributed by atoms with Gasteiger partial charge in [0.25, 0.3) is 0 Å². The highest BCUT2D eigenvalue weighted by Gasteiger charge is 2.45. The molecule has 0 amide bonds. The van der Waals surface area contributed by atoms with Gasteiger partial charge in [0.05, 0.1) is 16.1 Å². The summed E-state index contributed by atoms with van der Waals surface area (Å²) in [6.45, 7) is 8.13. The molecule has 0 radical (unpaired) electrons. The van der Waals surface area contributed by atoms with E-state index >= 15 is 0 Å². The molecule has 1 aromatic rings. The molecule has 1 unspecified atom stereocenters. The van der Waals surface area contributed by atoms with Gasteiger partial charge in [-0.05, 0) is 50.9 Å². The van der Waals surface area contributed by atoms with Crippen molar-refractivity contribution in [1.82, 2.24) is 4.90 Å². The van der Waals surface area contributed by atoms with Crippen LogP contribution in [0.5, 0.6) is 0 Å². The summed E-state index contributed by atoms with van der Waals surface area (Å²) in [4.78, 5) is 2.31. The van der Waals surface area contributed by atoms with E-state index in [1.54, 1.807) is 0 Å². The minimum Gasteiger partial charge on any atom is -0.391 e. The Morgan fingerprint density at radius 2 is 1.90 bits per heavy atom. The maximum absolute atomic E-state index is 10.9. The Kier molecular flexibility index (Phi) is 5.59. The maximum Gasteiger partial charge on any atom is 0.0763 e. The molecule has 21 heavy (non-hydrogen) atoms. The van der Waals surface area contributed by atoms with Gasteiger partial charge in [0.2, 0.25) is 0 Å². The van der Waals surface area contributed by atoms with Crippen LogP contribution in [0.4, 0.5) is 0 Å². The van der Waals surface area contributed by atoms with Crippen LogP contribution in [-0.2, 0) is 5.41 Å². The van der Waals surface area contributed by atoms with Crippen molar-refractivity contribution in [3.63, 3.8) is 0 Å². The summed E-state index contributed by atoms with van der Waals surface area (Å²) in [5.74, 6) is 0. The lowest BCUT2D eigenvalue weighted by Gasteiger charge is -2.47. The third-order valence-electron chi connectivity index (χ3n) is 4.92. The molecule has 0 aliphatic heterocycles. The number of benzene rings is 1. The van der Waals surface area contributed by atoms with Gasteiger partial charge in [-0.1, -0.05) is 42.6 Å². The summed E-state index contributed by atoms with van der Waals surface area (Å²) >= 11 is 12.2.